The largest absolute Gasteiger partial charge is 0.494 e. The first-order valence-electron chi connectivity index (χ1n) is 13.7. The molecule has 0 spiro atoms. The van der Waals surface area contributed by atoms with Gasteiger partial charge in [0.15, 0.2) is 14.0 Å². The van der Waals surface area contributed by atoms with E-state index in [2.05, 4.69) is 58.9 Å². The van der Waals surface area contributed by atoms with Crippen LogP contribution in [0.2, 0.25) is 16.6 Å². The van der Waals surface area contributed by atoms with Gasteiger partial charge in [0.05, 0.1) is 18.9 Å². The maximum atomic E-state index is 14.2. The normalized spacial score (nSPS) is 19.2. The van der Waals surface area contributed by atoms with Crippen LogP contribution in [0.3, 0.4) is 0 Å². The number of piperidine rings is 1. The minimum absolute atomic E-state index is 0.00802. The van der Waals surface area contributed by atoms with Gasteiger partial charge in [0.25, 0.3) is 0 Å². The number of ether oxygens (including phenoxy) is 2. The van der Waals surface area contributed by atoms with Crippen LogP contribution in [0.25, 0.3) is 11.0 Å². The quantitative estimate of drug-likeness (QED) is 0.281. The fourth-order valence-corrected chi connectivity index (χ4v) is 13.3. The average molecular weight is 530 g/mol. The van der Waals surface area contributed by atoms with E-state index >= 15 is 0 Å². The maximum absolute atomic E-state index is 14.2. The molecule has 2 aromatic rings. The molecule has 1 aliphatic heterocycles. The third-order valence-corrected chi connectivity index (χ3v) is 15.0. The van der Waals surface area contributed by atoms with Crippen molar-refractivity contribution in [2.75, 3.05) is 20.2 Å². The second-order valence-electron chi connectivity index (χ2n) is 12.6. The molecule has 7 nitrogen and oxygen atoms in total. The highest BCUT2D eigenvalue weighted by molar-refractivity contribution is 6.82. The van der Waals surface area contributed by atoms with Crippen LogP contribution in [-0.4, -0.2) is 60.0 Å². The van der Waals surface area contributed by atoms with E-state index in [1.807, 2.05) is 26.8 Å². The Labute approximate surface area is 224 Å². The summed E-state index contributed by atoms with van der Waals surface area (Å²) in [5.74, 6) is 0.291. The molecule has 3 rings (SSSR count). The van der Waals surface area contributed by atoms with Crippen LogP contribution in [0, 0.1) is 11.8 Å². The van der Waals surface area contributed by atoms with Gasteiger partial charge >= 0.3 is 6.09 Å². The number of carbonyl (C=O) groups excluding carboxylic acids is 2. The topological polar surface area (TPSA) is 73.7 Å². The fourth-order valence-electron chi connectivity index (χ4n) is 6.71. The Morgan fingerprint density at radius 1 is 1.08 bits per heavy atom. The molecule has 0 saturated carbocycles. The number of hydrogen-bond acceptors (Lipinski definition) is 5. The fraction of sp³-hybridized carbons (Fsp3) is 0.690. The van der Waals surface area contributed by atoms with Crippen LogP contribution in [0.4, 0.5) is 4.79 Å². The first-order chi connectivity index (χ1) is 17.2. The van der Waals surface area contributed by atoms with Gasteiger partial charge < -0.3 is 18.6 Å². The highest BCUT2D eigenvalue weighted by atomic mass is 28.3. The van der Waals surface area contributed by atoms with Gasteiger partial charge in [-0.1, -0.05) is 48.5 Å². The van der Waals surface area contributed by atoms with Crippen molar-refractivity contribution in [1.29, 1.82) is 0 Å². The SMILES string of the molecule is COc1cnc2c(ccn2[Si](C(C)C)(C(C)C)C(C)C)c1C(=O)C1CN(C(=O)OC(C)(C)C)CCC1C. The van der Waals surface area contributed by atoms with Gasteiger partial charge in [-0.05, 0) is 62.0 Å². The monoisotopic (exact) mass is 529 g/mol. The lowest BCUT2D eigenvalue weighted by Crippen LogP contribution is -2.51. The number of Topliss-reactive ketones (excluding diaryl/α,β-unsaturated/α-hetero) is 1. The molecular formula is C29H47N3O4Si. The van der Waals surface area contributed by atoms with Crippen molar-refractivity contribution >= 4 is 31.1 Å². The van der Waals surface area contributed by atoms with Crippen molar-refractivity contribution in [3.8, 4) is 5.75 Å². The Morgan fingerprint density at radius 3 is 2.19 bits per heavy atom. The van der Waals surface area contributed by atoms with E-state index in [1.165, 1.54) is 0 Å². The molecular weight excluding hydrogens is 482 g/mol. The number of ketones is 1. The Morgan fingerprint density at radius 2 is 1.68 bits per heavy atom. The van der Waals surface area contributed by atoms with Crippen molar-refractivity contribution in [2.24, 2.45) is 11.8 Å². The molecule has 1 saturated heterocycles. The molecule has 37 heavy (non-hydrogen) atoms. The summed E-state index contributed by atoms with van der Waals surface area (Å²) in [4.78, 5) is 33.6. The lowest BCUT2D eigenvalue weighted by Gasteiger charge is -2.44. The average Bonchev–Trinajstić information content (AvgIpc) is 3.20. The van der Waals surface area contributed by atoms with Crippen molar-refractivity contribution < 1.29 is 19.1 Å². The van der Waals surface area contributed by atoms with Crippen molar-refractivity contribution in [2.45, 2.75) is 97.9 Å². The molecule has 0 radical (unpaired) electrons. The van der Waals surface area contributed by atoms with Crippen LogP contribution in [0.1, 0.15) is 86.0 Å². The number of amides is 1. The van der Waals surface area contributed by atoms with Crippen LogP contribution >= 0.6 is 0 Å². The van der Waals surface area contributed by atoms with Crippen molar-refractivity contribution in [3.63, 3.8) is 0 Å². The molecule has 1 fully saturated rings. The molecule has 2 unspecified atom stereocenters. The van der Waals surface area contributed by atoms with Gasteiger partial charge in [-0.25, -0.2) is 9.78 Å². The Hall–Kier alpha value is -2.35. The number of nitrogens with zero attached hydrogens (tertiary/aromatic N) is 3. The highest BCUT2D eigenvalue weighted by Gasteiger charge is 2.46. The number of rotatable bonds is 7. The lowest BCUT2D eigenvalue weighted by molar-refractivity contribution is 0.0124. The summed E-state index contributed by atoms with van der Waals surface area (Å²) in [7, 11) is -0.484. The zero-order valence-corrected chi connectivity index (χ0v) is 25.7. The molecule has 8 heteroatoms. The first kappa shape index (κ1) is 29.2. The third-order valence-electron chi connectivity index (χ3n) is 8.28. The Kier molecular flexibility index (Phi) is 8.52. The second kappa shape index (κ2) is 10.8. The van der Waals surface area contributed by atoms with Crippen molar-refractivity contribution in [3.05, 3.63) is 24.0 Å². The number of pyridine rings is 1. The van der Waals surface area contributed by atoms with E-state index in [1.54, 1.807) is 18.2 Å². The molecule has 0 bridgehead atoms. The number of methoxy groups -OCH3 is 1. The molecule has 206 valence electrons. The number of hydrogen-bond donors (Lipinski definition) is 0. The zero-order chi connectivity index (χ0) is 27.9. The Bertz CT molecular complexity index is 1110. The van der Waals surface area contributed by atoms with E-state index in [9.17, 15) is 9.59 Å². The van der Waals surface area contributed by atoms with Crippen LogP contribution in [0.15, 0.2) is 18.5 Å². The molecule has 2 atom stereocenters. The molecule has 0 aliphatic carbocycles. The van der Waals surface area contributed by atoms with Crippen molar-refractivity contribution in [1.82, 2.24) is 14.1 Å². The smallest absolute Gasteiger partial charge is 0.410 e. The highest BCUT2D eigenvalue weighted by Crippen LogP contribution is 2.45. The van der Waals surface area contributed by atoms with Gasteiger partial charge in [0, 0.05) is 24.4 Å². The van der Waals surface area contributed by atoms with E-state index < -0.39 is 13.8 Å². The van der Waals surface area contributed by atoms with E-state index in [0.717, 1.165) is 17.5 Å². The van der Waals surface area contributed by atoms with Crippen LogP contribution < -0.4 is 4.74 Å². The predicted molar refractivity (Wildman–Crippen MR) is 152 cm³/mol. The summed E-state index contributed by atoms with van der Waals surface area (Å²) in [5, 5.41) is 0.838. The van der Waals surface area contributed by atoms with Gasteiger partial charge in [0.1, 0.15) is 17.0 Å². The Balaban J connectivity index is 2.11. The molecule has 1 amide bonds. The van der Waals surface area contributed by atoms with Crippen LogP contribution in [-0.2, 0) is 4.74 Å². The van der Waals surface area contributed by atoms with E-state index in [4.69, 9.17) is 14.5 Å². The van der Waals surface area contributed by atoms with Gasteiger partial charge in [-0.2, -0.15) is 0 Å². The van der Waals surface area contributed by atoms with Gasteiger partial charge in [0.2, 0.25) is 0 Å². The molecule has 3 heterocycles. The zero-order valence-electron chi connectivity index (χ0n) is 24.7. The van der Waals surface area contributed by atoms with Crippen LogP contribution in [0.5, 0.6) is 5.75 Å². The predicted octanol–water partition coefficient (Wildman–Crippen LogP) is 7.14. The summed E-state index contributed by atoms with van der Waals surface area (Å²) < 4.78 is 13.7. The van der Waals surface area contributed by atoms with E-state index in [-0.39, 0.29) is 23.7 Å². The first-order valence-corrected chi connectivity index (χ1v) is 15.9. The maximum Gasteiger partial charge on any atom is 0.410 e. The minimum atomic E-state index is -2.07. The number of aromatic nitrogens is 2. The molecule has 1 aliphatic rings. The van der Waals surface area contributed by atoms with E-state index in [0.29, 0.717) is 41.0 Å². The van der Waals surface area contributed by atoms with Gasteiger partial charge in [-0.15, -0.1) is 0 Å². The minimum Gasteiger partial charge on any atom is -0.494 e. The summed E-state index contributed by atoms with van der Waals surface area (Å²) in [6.45, 7) is 22.5. The molecule has 2 aromatic heterocycles. The number of fused-ring (bicyclic) bond motifs is 1. The number of likely N-dealkylation sites (tertiary alicyclic amines) is 1. The number of carbonyl (C=O) groups is 2. The second-order valence-corrected chi connectivity index (χ2v) is 18.4. The standard InChI is InChI=1S/C29H47N3O4Si/c1-18(2)37(19(3)4,20(5)6)32-15-13-22-25(24(35-11)16-30-27(22)32)26(33)23-17-31(14-12-21(23)7)28(34)36-29(8,9)10/h13,15-16,18-21,23H,12,14,17H2,1-11H3. The lowest BCUT2D eigenvalue weighted by atomic mass is 9.81. The summed E-state index contributed by atoms with van der Waals surface area (Å²) in [6.07, 6.45) is 4.23. The van der Waals surface area contributed by atoms with Gasteiger partial charge in [-0.3, -0.25) is 4.79 Å². The third kappa shape index (κ3) is 5.31. The summed E-state index contributed by atoms with van der Waals surface area (Å²) >= 11 is 0. The molecule has 0 N–H and O–H groups in total. The molecule has 0 aromatic carbocycles. The summed E-state index contributed by atoms with van der Waals surface area (Å²) in [5.41, 5.74) is 2.33. The summed E-state index contributed by atoms with van der Waals surface area (Å²) in [6, 6.07) is 2.05.